The number of nitrogens with zero attached hydrogens (tertiary/aromatic N) is 5. The Bertz CT molecular complexity index is 867. The Morgan fingerprint density at radius 1 is 1.40 bits per heavy atom. The van der Waals surface area contributed by atoms with Gasteiger partial charge in [0.25, 0.3) is 0 Å². The van der Waals surface area contributed by atoms with Gasteiger partial charge in [-0.15, -0.1) is 0 Å². The summed E-state index contributed by atoms with van der Waals surface area (Å²) in [6.07, 6.45) is 0. The molecule has 3 aromatic rings. The average Bonchev–Trinajstić information content (AvgIpc) is 2.88. The number of halogens is 1. The number of aromatic nitrogens is 4. The van der Waals surface area contributed by atoms with E-state index in [2.05, 4.69) is 32.1 Å². The van der Waals surface area contributed by atoms with E-state index in [1.165, 1.54) is 0 Å². The number of anilines is 1. The van der Waals surface area contributed by atoms with Crippen LogP contribution in [0.4, 0.5) is 5.95 Å². The van der Waals surface area contributed by atoms with Gasteiger partial charge in [0.05, 0.1) is 16.9 Å². The summed E-state index contributed by atoms with van der Waals surface area (Å²) in [6, 6.07) is 7.58. The van der Waals surface area contributed by atoms with Crippen LogP contribution in [0, 0.1) is 18.3 Å². The van der Waals surface area contributed by atoms with Gasteiger partial charge < -0.3 is 5.73 Å². The van der Waals surface area contributed by atoms with Gasteiger partial charge in [0, 0.05) is 11.5 Å². The van der Waals surface area contributed by atoms with Crippen molar-refractivity contribution in [2.45, 2.75) is 6.92 Å². The smallest absolute Gasteiger partial charge is 0.207 e. The first-order valence-corrected chi connectivity index (χ1v) is 6.69. The third-order valence-corrected chi connectivity index (χ3v) is 3.64. The fourth-order valence-electron chi connectivity index (χ4n) is 2.31. The zero-order chi connectivity index (χ0) is 14.4. The summed E-state index contributed by atoms with van der Waals surface area (Å²) in [6.45, 7) is 1.88. The topological polar surface area (TPSA) is 85.5 Å². The maximum Gasteiger partial charge on any atom is 0.207 e. The minimum Gasteiger partial charge on any atom is -0.369 e. The van der Waals surface area contributed by atoms with Crippen molar-refractivity contribution in [2.75, 3.05) is 5.73 Å². The lowest BCUT2D eigenvalue weighted by Gasteiger charge is -2.09. The van der Waals surface area contributed by atoms with Gasteiger partial charge in [-0.3, -0.25) is 4.57 Å². The SMILES string of the molecule is Cc1nn(C)c2c1nc(N)n2-c1cc(Br)ccc1C#N. The van der Waals surface area contributed by atoms with Crippen LogP contribution < -0.4 is 5.73 Å². The van der Waals surface area contributed by atoms with Crippen LogP contribution in [0.3, 0.4) is 0 Å². The van der Waals surface area contributed by atoms with E-state index in [0.29, 0.717) is 17.2 Å². The number of nitriles is 1. The Morgan fingerprint density at radius 3 is 2.85 bits per heavy atom. The Hall–Kier alpha value is -2.33. The number of fused-ring (bicyclic) bond motifs is 1. The normalized spacial score (nSPS) is 10.9. The Balaban J connectivity index is 2.44. The average molecular weight is 331 g/mol. The predicted molar refractivity (Wildman–Crippen MR) is 79.4 cm³/mol. The van der Waals surface area contributed by atoms with Gasteiger partial charge in [-0.1, -0.05) is 15.9 Å². The van der Waals surface area contributed by atoms with Crippen molar-refractivity contribution in [3.05, 3.63) is 33.9 Å². The summed E-state index contributed by atoms with van der Waals surface area (Å²) < 4.78 is 4.33. The number of benzene rings is 1. The molecule has 0 radical (unpaired) electrons. The molecule has 0 saturated carbocycles. The molecule has 100 valence electrons. The molecule has 6 nitrogen and oxygen atoms in total. The third-order valence-electron chi connectivity index (χ3n) is 3.15. The highest BCUT2D eigenvalue weighted by molar-refractivity contribution is 9.10. The van der Waals surface area contributed by atoms with Crippen LogP contribution in [0.1, 0.15) is 11.3 Å². The maximum atomic E-state index is 9.28. The second-order valence-electron chi connectivity index (χ2n) is 4.46. The molecular weight excluding hydrogens is 320 g/mol. The Morgan fingerprint density at radius 2 is 2.15 bits per heavy atom. The predicted octanol–water partition coefficient (Wildman–Crippen LogP) is 2.28. The molecule has 0 atom stereocenters. The van der Waals surface area contributed by atoms with E-state index in [-0.39, 0.29) is 0 Å². The first kappa shape index (κ1) is 12.7. The van der Waals surface area contributed by atoms with Crippen LogP contribution in [0.5, 0.6) is 0 Å². The molecule has 2 N–H and O–H groups in total. The molecular formula is C13H11BrN6. The van der Waals surface area contributed by atoms with Gasteiger partial charge in [-0.25, -0.2) is 9.67 Å². The van der Waals surface area contributed by atoms with Gasteiger partial charge >= 0.3 is 0 Å². The number of nitrogen functional groups attached to an aromatic ring is 1. The molecule has 0 amide bonds. The van der Waals surface area contributed by atoms with Crippen LogP contribution in [-0.4, -0.2) is 19.3 Å². The Kier molecular flexibility index (Phi) is 2.76. The molecule has 0 saturated heterocycles. The highest BCUT2D eigenvalue weighted by Gasteiger charge is 2.19. The largest absolute Gasteiger partial charge is 0.369 e. The van der Waals surface area contributed by atoms with E-state index >= 15 is 0 Å². The van der Waals surface area contributed by atoms with E-state index in [4.69, 9.17) is 5.73 Å². The number of rotatable bonds is 1. The molecule has 0 unspecified atom stereocenters. The second kappa shape index (κ2) is 4.35. The number of hydrogen-bond donors (Lipinski definition) is 1. The highest BCUT2D eigenvalue weighted by atomic mass is 79.9. The molecule has 0 aliphatic carbocycles. The molecule has 20 heavy (non-hydrogen) atoms. The minimum absolute atomic E-state index is 0.339. The number of aryl methyl sites for hydroxylation is 2. The summed E-state index contributed by atoms with van der Waals surface area (Å²) in [5, 5.41) is 13.6. The summed E-state index contributed by atoms with van der Waals surface area (Å²) >= 11 is 3.42. The van der Waals surface area contributed by atoms with E-state index in [1.807, 2.05) is 26.1 Å². The quantitative estimate of drug-likeness (QED) is 0.741. The van der Waals surface area contributed by atoms with Crippen LogP contribution >= 0.6 is 15.9 Å². The van der Waals surface area contributed by atoms with Crippen LogP contribution in [0.25, 0.3) is 16.9 Å². The molecule has 0 aliphatic heterocycles. The van der Waals surface area contributed by atoms with Gasteiger partial charge in [-0.05, 0) is 25.1 Å². The molecule has 2 aromatic heterocycles. The monoisotopic (exact) mass is 330 g/mol. The van der Waals surface area contributed by atoms with E-state index in [1.54, 1.807) is 15.3 Å². The maximum absolute atomic E-state index is 9.28. The fraction of sp³-hybridized carbons (Fsp3) is 0.154. The van der Waals surface area contributed by atoms with E-state index in [9.17, 15) is 5.26 Å². The molecule has 3 rings (SSSR count). The van der Waals surface area contributed by atoms with Crippen molar-refractivity contribution >= 4 is 33.0 Å². The molecule has 0 spiro atoms. The molecule has 0 bridgehead atoms. The van der Waals surface area contributed by atoms with E-state index in [0.717, 1.165) is 21.3 Å². The lowest BCUT2D eigenvalue weighted by molar-refractivity contribution is 0.762. The van der Waals surface area contributed by atoms with E-state index < -0.39 is 0 Å². The summed E-state index contributed by atoms with van der Waals surface area (Å²) in [5.74, 6) is 0.339. The van der Waals surface area contributed by atoms with Crippen molar-refractivity contribution in [3.63, 3.8) is 0 Å². The first-order chi connectivity index (χ1) is 9.52. The first-order valence-electron chi connectivity index (χ1n) is 5.90. The standard InChI is InChI=1S/C13H11BrN6/c1-7-11-12(19(2)18-7)20(13(16)17-11)10-5-9(14)4-3-8(10)6-15/h3-5H,1-2H3,(H2,16,17). The van der Waals surface area contributed by atoms with Gasteiger partial charge in [0.15, 0.2) is 5.65 Å². The van der Waals surface area contributed by atoms with Crippen molar-refractivity contribution < 1.29 is 0 Å². The number of hydrogen-bond acceptors (Lipinski definition) is 4. The lowest BCUT2D eigenvalue weighted by Crippen LogP contribution is -2.06. The molecule has 2 heterocycles. The summed E-state index contributed by atoms with van der Waals surface area (Å²) in [5.41, 5.74) is 9.56. The third kappa shape index (κ3) is 1.69. The van der Waals surface area contributed by atoms with Gasteiger partial charge in [0.1, 0.15) is 11.6 Å². The zero-order valence-corrected chi connectivity index (χ0v) is 12.5. The number of imidazole rings is 1. The van der Waals surface area contributed by atoms with Gasteiger partial charge in [0.2, 0.25) is 5.95 Å². The van der Waals surface area contributed by atoms with Crippen LogP contribution in [0.2, 0.25) is 0 Å². The van der Waals surface area contributed by atoms with Crippen molar-refractivity contribution in [1.82, 2.24) is 19.3 Å². The second-order valence-corrected chi connectivity index (χ2v) is 5.38. The van der Waals surface area contributed by atoms with Crippen LogP contribution in [-0.2, 0) is 7.05 Å². The van der Waals surface area contributed by atoms with Crippen molar-refractivity contribution in [1.29, 1.82) is 5.26 Å². The fourth-order valence-corrected chi connectivity index (χ4v) is 2.66. The lowest BCUT2D eigenvalue weighted by atomic mass is 10.2. The zero-order valence-electron chi connectivity index (χ0n) is 10.9. The van der Waals surface area contributed by atoms with Gasteiger partial charge in [-0.2, -0.15) is 10.4 Å². The molecule has 7 heteroatoms. The summed E-state index contributed by atoms with van der Waals surface area (Å²) in [4.78, 5) is 4.35. The molecule has 0 aliphatic rings. The molecule has 0 fully saturated rings. The highest BCUT2D eigenvalue weighted by Crippen LogP contribution is 2.28. The summed E-state index contributed by atoms with van der Waals surface area (Å²) in [7, 11) is 1.83. The molecule has 1 aromatic carbocycles. The number of nitrogens with two attached hydrogens (primary N) is 1. The van der Waals surface area contributed by atoms with Crippen LogP contribution in [0.15, 0.2) is 22.7 Å². The Labute approximate surface area is 123 Å². The van der Waals surface area contributed by atoms with Crippen molar-refractivity contribution in [3.8, 4) is 11.8 Å². The van der Waals surface area contributed by atoms with Crippen molar-refractivity contribution in [2.24, 2.45) is 7.05 Å². The minimum atomic E-state index is 0.339.